The molecule has 4 N–H and O–H groups in total. The molecule has 1 saturated carbocycles. The predicted octanol–water partition coefficient (Wildman–Crippen LogP) is 5.38. The molecule has 1 aromatic carbocycles. The largest absolute Gasteiger partial charge is 0.349 e. The van der Waals surface area contributed by atoms with E-state index in [1.54, 1.807) is 0 Å². The molecule has 3 unspecified atom stereocenters. The second kappa shape index (κ2) is 15.0. The summed E-state index contributed by atoms with van der Waals surface area (Å²) in [6.45, 7) is 4.62. The number of unbranched alkanes of at least 4 members (excludes halogenated alkanes) is 1. The lowest BCUT2D eigenvalue weighted by molar-refractivity contribution is -0.130. The fourth-order valence-electron chi connectivity index (χ4n) is 8.48. The molecule has 3 heterocycles. The van der Waals surface area contributed by atoms with Gasteiger partial charge in [0.25, 0.3) is 0 Å². The van der Waals surface area contributed by atoms with Crippen LogP contribution in [0.5, 0.6) is 0 Å². The molecule has 7 nitrogen and oxygen atoms in total. The van der Waals surface area contributed by atoms with Gasteiger partial charge < -0.3 is 16.4 Å². The number of rotatable bonds is 13. The number of nitrogens with one attached hydrogen (secondary N) is 2. The first-order chi connectivity index (χ1) is 21.9. The van der Waals surface area contributed by atoms with E-state index in [0.29, 0.717) is 24.2 Å². The molecule has 6 rings (SSSR count). The summed E-state index contributed by atoms with van der Waals surface area (Å²) in [7, 11) is 0. The summed E-state index contributed by atoms with van der Waals surface area (Å²) in [5, 5.41) is 7.23. The zero-order valence-corrected chi connectivity index (χ0v) is 26.7. The van der Waals surface area contributed by atoms with Gasteiger partial charge in [-0.05, 0) is 94.5 Å². The average molecular weight is 623 g/mol. The molecule has 1 amide bonds. The van der Waals surface area contributed by atoms with Gasteiger partial charge in [-0.3, -0.25) is 19.6 Å². The average Bonchev–Trinajstić information content (AvgIpc) is 3.35. The number of piperazine rings is 1. The highest BCUT2D eigenvalue weighted by Crippen LogP contribution is 2.38. The number of alkyl halides is 2. The van der Waals surface area contributed by atoms with Crippen LogP contribution in [0.1, 0.15) is 99.5 Å². The Hall–Kier alpha value is -2.46. The van der Waals surface area contributed by atoms with Gasteiger partial charge in [-0.2, -0.15) is 0 Å². The van der Waals surface area contributed by atoms with E-state index in [2.05, 4.69) is 44.7 Å². The molecule has 2 aliphatic carbocycles. The van der Waals surface area contributed by atoms with Crippen LogP contribution in [0.25, 0.3) is 0 Å². The normalized spacial score (nSPS) is 27.3. The number of carbonyl (C=O) groups excluding carboxylic acids is 1. The number of aryl methyl sites for hydroxylation is 1. The van der Waals surface area contributed by atoms with Crippen molar-refractivity contribution < 1.29 is 13.6 Å². The third kappa shape index (κ3) is 7.92. The molecule has 9 heteroatoms. The maximum Gasteiger partial charge on any atom is 0.248 e. The van der Waals surface area contributed by atoms with E-state index in [9.17, 15) is 13.6 Å². The third-order valence-electron chi connectivity index (χ3n) is 11.0. The summed E-state index contributed by atoms with van der Waals surface area (Å²) >= 11 is 0. The highest BCUT2D eigenvalue weighted by atomic mass is 19.3. The summed E-state index contributed by atoms with van der Waals surface area (Å²) < 4.78 is 27.6. The Morgan fingerprint density at radius 3 is 2.71 bits per heavy atom. The van der Waals surface area contributed by atoms with Gasteiger partial charge in [-0.25, -0.2) is 8.78 Å². The molecule has 246 valence electrons. The number of carbonyl (C=O) groups is 1. The van der Waals surface area contributed by atoms with Crippen LogP contribution < -0.4 is 16.4 Å². The highest BCUT2D eigenvalue weighted by molar-refractivity contribution is 5.79. The predicted molar refractivity (Wildman–Crippen MR) is 174 cm³/mol. The smallest absolute Gasteiger partial charge is 0.248 e. The summed E-state index contributed by atoms with van der Waals surface area (Å²) in [5.41, 5.74) is 9.64. The van der Waals surface area contributed by atoms with Crippen molar-refractivity contribution in [3.8, 4) is 0 Å². The standard InChI is InChI=1S/C36H52F2N6O/c37-36(38)18-15-28(16-19-36)35(45)42-30(26-8-2-1-3-9-26)17-23-44-29-13-14-32(44)31(41-24-29)25-43(22-5-4-20-39)33-12-6-10-27-11-7-21-40-34(27)33/h1-3,7-9,11,21,28-33,41H,4-6,10,12-20,22-25,39H2,(H,42,45)/t29?,30-,31+,32?,33?/m1/s1. The number of nitrogens with two attached hydrogens (primary N) is 1. The molecular weight excluding hydrogens is 570 g/mol. The molecule has 45 heavy (non-hydrogen) atoms. The monoisotopic (exact) mass is 622 g/mol. The highest BCUT2D eigenvalue weighted by Gasteiger charge is 2.44. The van der Waals surface area contributed by atoms with E-state index < -0.39 is 5.92 Å². The number of fused-ring (bicyclic) bond motifs is 3. The summed E-state index contributed by atoms with van der Waals surface area (Å²) in [5.74, 6) is -3.04. The molecule has 0 spiro atoms. The first-order valence-electron chi connectivity index (χ1n) is 17.5. The van der Waals surface area contributed by atoms with Gasteiger partial charge in [0, 0.05) is 62.7 Å². The van der Waals surface area contributed by atoms with Crippen LogP contribution >= 0.6 is 0 Å². The number of aromatic nitrogens is 1. The zero-order valence-electron chi connectivity index (χ0n) is 26.7. The maximum atomic E-state index is 13.8. The van der Waals surface area contributed by atoms with Crippen molar-refractivity contribution in [2.45, 2.75) is 113 Å². The van der Waals surface area contributed by atoms with E-state index in [0.717, 1.165) is 70.4 Å². The van der Waals surface area contributed by atoms with Gasteiger partial charge in [0.2, 0.25) is 11.8 Å². The van der Waals surface area contributed by atoms with Gasteiger partial charge in [0.1, 0.15) is 0 Å². The van der Waals surface area contributed by atoms with E-state index in [-0.39, 0.29) is 43.6 Å². The Kier molecular flexibility index (Phi) is 10.8. The van der Waals surface area contributed by atoms with Crippen molar-refractivity contribution in [2.75, 3.05) is 32.7 Å². The minimum absolute atomic E-state index is 0.0741. The molecule has 5 atom stereocenters. The van der Waals surface area contributed by atoms with Crippen LogP contribution in [0.4, 0.5) is 8.78 Å². The number of hydrogen-bond acceptors (Lipinski definition) is 6. The Balaban J connectivity index is 1.13. The van der Waals surface area contributed by atoms with Gasteiger partial charge in [0.15, 0.2) is 0 Å². The lowest BCUT2D eigenvalue weighted by Gasteiger charge is -2.45. The molecule has 3 fully saturated rings. The van der Waals surface area contributed by atoms with Gasteiger partial charge in [-0.1, -0.05) is 36.4 Å². The van der Waals surface area contributed by atoms with Crippen molar-refractivity contribution >= 4 is 5.91 Å². The van der Waals surface area contributed by atoms with Gasteiger partial charge in [0.05, 0.1) is 17.8 Å². The first kappa shape index (κ1) is 32.5. The van der Waals surface area contributed by atoms with Crippen molar-refractivity contribution in [3.05, 3.63) is 65.5 Å². The van der Waals surface area contributed by atoms with E-state index in [1.165, 1.54) is 30.5 Å². The van der Waals surface area contributed by atoms with Crippen LogP contribution in [0.2, 0.25) is 0 Å². The molecule has 2 bridgehead atoms. The Morgan fingerprint density at radius 2 is 1.91 bits per heavy atom. The van der Waals surface area contributed by atoms with E-state index in [4.69, 9.17) is 10.7 Å². The minimum atomic E-state index is -2.63. The fraction of sp³-hybridized carbons (Fsp3) is 0.667. The molecule has 1 aromatic heterocycles. The Morgan fingerprint density at radius 1 is 1.09 bits per heavy atom. The summed E-state index contributed by atoms with van der Waals surface area (Å²) in [6, 6.07) is 16.0. The number of nitrogens with zero attached hydrogens (tertiary/aromatic N) is 3. The zero-order chi connectivity index (χ0) is 31.2. The minimum Gasteiger partial charge on any atom is -0.349 e. The van der Waals surface area contributed by atoms with Gasteiger partial charge in [-0.15, -0.1) is 0 Å². The van der Waals surface area contributed by atoms with Crippen LogP contribution in [0.15, 0.2) is 48.7 Å². The Labute approximate surface area is 267 Å². The third-order valence-corrected chi connectivity index (χ3v) is 11.0. The fourth-order valence-corrected chi connectivity index (χ4v) is 8.48. The summed E-state index contributed by atoms with van der Waals surface area (Å²) in [6.07, 6.45) is 10.8. The van der Waals surface area contributed by atoms with E-state index >= 15 is 0 Å². The molecule has 2 aromatic rings. The lowest BCUT2D eigenvalue weighted by atomic mass is 9.86. The van der Waals surface area contributed by atoms with Crippen LogP contribution in [0.3, 0.4) is 0 Å². The van der Waals surface area contributed by atoms with Crippen LogP contribution in [-0.4, -0.2) is 77.5 Å². The topological polar surface area (TPSA) is 86.5 Å². The number of halogens is 2. The number of amides is 1. The number of pyridine rings is 1. The van der Waals surface area contributed by atoms with Gasteiger partial charge >= 0.3 is 0 Å². The summed E-state index contributed by atoms with van der Waals surface area (Å²) in [4.78, 5) is 23.6. The SMILES string of the molecule is NCCCCN(C[C@@H]1NCC2CCC1N2CC[C@@H](NC(=O)C1CCC(F)(F)CC1)c1ccccc1)C1CCCc2cccnc21. The van der Waals surface area contributed by atoms with Crippen molar-refractivity contribution in [1.29, 1.82) is 0 Å². The van der Waals surface area contributed by atoms with Crippen molar-refractivity contribution in [1.82, 2.24) is 25.4 Å². The lowest BCUT2D eigenvalue weighted by Crippen LogP contribution is -2.61. The molecule has 2 aliphatic heterocycles. The second-order valence-electron chi connectivity index (χ2n) is 13.9. The second-order valence-corrected chi connectivity index (χ2v) is 13.9. The van der Waals surface area contributed by atoms with E-state index in [1.807, 2.05) is 24.4 Å². The molecule has 4 aliphatic rings. The maximum absolute atomic E-state index is 13.8. The molecule has 0 radical (unpaired) electrons. The van der Waals surface area contributed by atoms with Crippen molar-refractivity contribution in [3.63, 3.8) is 0 Å². The quantitative estimate of drug-likeness (QED) is 0.260. The van der Waals surface area contributed by atoms with Crippen LogP contribution in [0, 0.1) is 5.92 Å². The number of benzene rings is 1. The molecule has 2 saturated heterocycles. The number of hydrogen-bond donors (Lipinski definition) is 3. The molecular formula is C36H52F2N6O. The Bertz CT molecular complexity index is 1240. The van der Waals surface area contributed by atoms with Crippen molar-refractivity contribution in [2.24, 2.45) is 11.7 Å². The van der Waals surface area contributed by atoms with Crippen LogP contribution in [-0.2, 0) is 11.2 Å². The first-order valence-corrected chi connectivity index (χ1v) is 17.5.